The van der Waals surface area contributed by atoms with E-state index in [0.717, 1.165) is 0 Å². The van der Waals surface area contributed by atoms with Gasteiger partial charge in [0.05, 0.1) is 12.8 Å². The van der Waals surface area contributed by atoms with Crippen LogP contribution in [0.15, 0.2) is 24.3 Å². The van der Waals surface area contributed by atoms with Crippen molar-refractivity contribution in [3.63, 3.8) is 0 Å². The zero-order chi connectivity index (χ0) is 10.6. The van der Waals surface area contributed by atoms with Gasteiger partial charge in [0.2, 0.25) is 0 Å². The Bertz CT molecular complexity index is 372. The standard InChI is InChI=1S/C10H11NO3/c1-14-9(12)6-5-7-3-2-4-8(11)10(7)13/h2-6,13H,11H2,1H3. The number of nitrogens with two attached hydrogens (primary N) is 1. The minimum absolute atomic E-state index is 0.0346. The van der Waals surface area contributed by atoms with Crippen LogP contribution in [0.1, 0.15) is 5.56 Å². The lowest BCUT2D eigenvalue weighted by Crippen LogP contribution is -1.93. The fraction of sp³-hybridized carbons (Fsp3) is 0.100. The molecule has 0 fully saturated rings. The second kappa shape index (κ2) is 4.32. The summed E-state index contributed by atoms with van der Waals surface area (Å²) >= 11 is 0. The predicted molar refractivity (Wildman–Crippen MR) is 53.6 cm³/mol. The second-order valence-corrected chi connectivity index (χ2v) is 2.64. The van der Waals surface area contributed by atoms with Gasteiger partial charge in [-0.25, -0.2) is 4.79 Å². The highest BCUT2D eigenvalue weighted by atomic mass is 16.5. The van der Waals surface area contributed by atoms with Gasteiger partial charge in [-0.3, -0.25) is 0 Å². The van der Waals surface area contributed by atoms with Crippen molar-refractivity contribution >= 4 is 17.7 Å². The monoisotopic (exact) mass is 193 g/mol. The molecule has 0 atom stereocenters. The Balaban J connectivity index is 2.92. The highest BCUT2D eigenvalue weighted by Crippen LogP contribution is 2.25. The summed E-state index contributed by atoms with van der Waals surface area (Å²) in [6.45, 7) is 0. The maximum absolute atomic E-state index is 10.8. The Morgan fingerprint density at radius 1 is 1.57 bits per heavy atom. The molecular weight excluding hydrogens is 182 g/mol. The number of para-hydroxylation sites is 1. The molecule has 0 aliphatic carbocycles. The van der Waals surface area contributed by atoms with Gasteiger partial charge in [-0.2, -0.15) is 0 Å². The number of methoxy groups -OCH3 is 1. The number of ether oxygens (including phenoxy) is 1. The topological polar surface area (TPSA) is 72.5 Å². The number of hydrogen-bond donors (Lipinski definition) is 2. The summed E-state index contributed by atoms with van der Waals surface area (Å²) in [6, 6.07) is 4.90. The number of phenols is 1. The Hall–Kier alpha value is -1.97. The third-order valence-electron chi connectivity index (χ3n) is 1.70. The zero-order valence-electron chi connectivity index (χ0n) is 7.73. The van der Waals surface area contributed by atoms with Crippen LogP contribution in [-0.2, 0) is 9.53 Å². The first-order valence-electron chi connectivity index (χ1n) is 3.98. The third kappa shape index (κ3) is 2.26. The molecule has 0 radical (unpaired) electrons. The van der Waals surface area contributed by atoms with Gasteiger partial charge in [0.1, 0.15) is 5.75 Å². The van der Waals surface area contributed by atoms with E-state index in [1.807, 2.05) is 0 Å². The molecule has 0 heterocycles. The van der Waals surface area contributed by atoms with Crippen LogP contribution in [0, 0.1) is 0 Å². The predicted octanol–water partition coefficient (Wildman–Crippen LogP) is 1.16. The zero-order valence-corrected chi connectivity index (χ0v) is 7.73. The molecule has 0 aromatic heterocycles. The van der Waals surface area contributed by atoms with E-state index >= 15 is 0 Å². The van der Waals surface area contributed by atoms with Crippen molar-refractivity contribution in [1.29, 1.82) is 0 Å². The molecule has 3 N–H and O–H groups in total. The van der Waals surface area contributed by atoms with Crippen LogP contribution in [-0.4, -0.2) is 18.2 Å². The largest absolute Gasteiger partial charge is 0.505 e. The first-order valence-corrected chi connectivity index (χ1v) is 3.98. The minimum atomic E-state index is -0.480. The lowest BCUT2D eigenvalue weighted by molar-refractivity contribution is -0.134. The average molecular weight is 193 g/mol. The molecule has 1 aromatic rings. The van der Waals surface area contributed by atoms with Gasteiger partial charge in [-0.1, -0.05) is 12.1 Å². The number of nitrogen functional groups attached to an aromatic ring is 1. The molecule has 0 aliphatic rings. The van der Waals surface area contributed by atoms with Crippen LogP contribution in [0.2, 0.25) is 0 Å². The molecule has 0 bridgehead atoms. The minimum Gasteiger partial charge on any atom is -0.505 e. The molecule has 4 nitrogen and oxygen atoms in total. The maximum atomic E-state index is 10.8. The summed E-state index contributed by atoms with van der Waals surface area (Å²) in [7, 11) is 1.28. The number of hydrogen-bond acceptors (Lipinski definition) is 4. The number of rotatable bonds is 2. The average Bonchev–Trinajstić information content (AvgIpc) is 2.20. The number of aromatic hydroxyl groups is 1. The second-order valence-electron chi connectivity index (χ2n) is 2.64. The van der Waals surface area contributed by atoms with Crippen LogP contribution < -0.4 is 5.73 Å². The molecule has 0 aliphatic heterocycles. The van der Waals surface area contributed by atoms with Crippen LogP contribution in [0.5, 0.6) is 5.75 Å². The van der Waals surface area contributed by atoms with Crippen LogP contribution in [0.4, 0.5) is 5.69 Å². The van der Waals surface area contributed by atoms with Crippen molar-refractivity contribution in [2.45, 2.75) is 0 Å². The van der Waals surface area contributed by atoms with E-state index in [9.17, 15) is 9.90 Å². The van der Waals surface area contributed by atoms with Crippen molar-refractivity contribution < 1.29 is 14.6 Å². The molecule has 74 valence electrons. The number of carbonyl (C=O) groups excluding carboxylic acids is 1. The third-order valence-corrected chi connectivity index (χ3v) is 1.70. The Kier molecular flexibility index (Phi) is 3.12. The fourth-order valence-corrected chi connectivity index (χ4v) is 0.940. The highest BCUT2D eigenvalue weighted by Gasteiger charge is 2.01. The van der Waals surface area contributed by atoms with Gasteiger partial charge in [0.25, 0.3) is 0 Å². The molecule has 0 saturated heterocycles. The summed E-state index contributed by atoms with van der Waals surface area (Å²) in [5.41, 5.74) is 6.22. The first-order chi connectivity index (χ1) is 6.65. The normalized spacial score (nSPS) is 10.4. The molecule has 0 amide bonds. The molecule has 14 heavy (non-hydrogen) atoms. The number of esters is 1. The quantitative estimate of drug-likeness (QED) is 0.320. The van der Waals surface area contributed by atoms with Gasteiger partial charge in [-0.15, -0.1) is 0 Å². The van der Waals surface area contributed by atoms with Crippen molar-refractivity contribution in [2.75, 3.05) is 12.8 Å². The summed E-state index contributed by atoms with van der Waals surface area (Å²) in [4.78, 5) is 10.8. The lowest BCUT2D eigenvalue weighted by Gasteiger charge is -2.01. The Labute approximate surface area is 81.6 Å². The smallest absolute Gasteiger partial charge is 0.330 e. The molecular formula is C10H11NO3. The lowest BCUT2D eigenvalue weighted by atomic mass is 10.1. The van der Waals surface area contributed by atoms with Gasteiger partial charge in [0.15, 0.2) is 0 Å². The van der Waals surface area contributed by atoms with Gasteiger partial charge in [-0.05, 0) is 12.1 Å². The van der Waals surface area contributed by atoms with E-state index in [2.05, 4.69) is 4.74 Å². The van der Waals surface area contributed by atoms with Crippen LogP contribution >= 0.6 is 0 Å². The number of anilines is 1. The van der Waals surface area contributed by atoms with Crippen LogP contribution in [0.3, 0.4) is 0 Å². The molecule has 1 aromatic carbocycles. The van der Waals surface area contributed by atoms with Crippen molar-refractivity contribution in [1.82, 2.24) is 0 Å². The van der Waals surface area contributed by atoms with Crippen molar-refractivity contribution in [2.24, 2.45) is 0 Å². The van der Waals surface area contributed by atoms with E-state index in [1.165, 1.54) is 19.3 Å². The molecule has 0 spiro atoms. The fourth-order valence-electron chi connectivity index (χ4n) is 0.940. The first kappa shape index (κ1) is 10.1. The molecule has 0 unspecified atom stereocenters. The van der Waals surface area contributed by atoms with E-state index < -0.39 is 5.97 Å². The van der Waals surface area contributed by atoms with E-state index in [-0.39, 0.29) is 11.4 Å². The Morgan fingerprint density at radius 2 is 2.29 bits per heavy atom. The summed E-state index contributed by atoms with van der Waals surface area (Å²) in [5, 5.41) is 9.45. The number of phenolic OH excluding ortho intramolecular Hbond substituents is 1. The van der Waals surface area contributed by atoms with E-state index in [0.29, 0.717) is 5.56 Å². The molecule has 0 saturated carbocycles. The maximum Gasteiger partial charge on any atom is 0.330 e. The summed E-state index contributed by atoms with van der Waals surface area (Å²) in [5.74, 6) is -0.514. The summed E-state index contributed by atoms with van der Waals surface area (Å²) in [6.07, 6.45) is 2.66. The summed E-state index contributed by atoms with van der Waals surface area (Å²) < 4.78 is 4.40. The van der Waals surface area contributed by atoms with E-state index in [1.54, 1.807) is 18.2 Å². The van der Waals surface area contributed by atoms with Gasteiger partial charge >= 0.3 is 5.97 Å². The van der Waals surface area contributed by atoms with Crippen LogP contribution in [0.25, 0.3) is 6.08 Å². The number of carbonyl (C=O) groups is 1. The van der Waals surface area contributed by atoms with Gasteiger partial charge < -0.3 is 15.6 Å². The van der Waals surface area contributed by atoms with Crippen molar-refractivity contribution in [3.05, 3.63) is 29.8 Å². The van der Waals surface area contributed by atoms with E-state index in [4.69, 9.17) is 5.73 Å². The van der Waals surface area contributed by atoms with Gasteiger partial charge in [0, 0.05) is 11.6 Å². The van der Waals surface area contributed by atoms with Crippen molar-refractivity contribution in [3.8, 4) is 5.75 Å². The molecule has 4 heteroatoms. The molecule has 1 rings (SSSR count). The Morgan fingerprint density at radius 3 is 2.93 bits per heavy atom. The SMILES string of the molecule is COC(=O)C=Cc1cccc(N)c1O. The number of benzene rings is 1. The highest BCUT2D eigenvalue weighted by molar-refractivity contribution is 5.88.